The van der Waals surface area contributed by atoms with Crippen molar-refractivity contribution in [3.8, 4) is 0 Å². The molecule has 1 unspecified atom stereocenters. The van der Waals surface area contributed by atoms with E-state index >= 15 is 0 Å². The van der Waals surface area contributed by atoms with Gasteiger partial charge in [0.2, 0.25) is 9.05 Å². The van der Waals surface area contributed by atoms with Crippen LogP contribution in [-0.2, 0) is 25.6 Å². The first-order chi connectivity index (χ1) is 10.5. The number of alkyl carbamates (subject to hydrolysis) is 1. The summed E-state index contributed by atoms with van der Waals surface area (Å²) in [7, 11) is 1.81. The summed E-state index contributed by atoms with van der Waals surface area (Å²) in [5.74, 6) is -0.214. The van der Waals surface area contributed by atoms with Gasteiger partial charge >= 0.3 is 6.09 Å². The van der Waals surface area contributed by atoms with Gasteiger partial charge in [0.25, 0.3) is 0 Å². The lowest BCUT2D eigenvalue weighted by molar-refractivity contribution is 0.0516. The molecule has 128 valence electrons. The lowest BCUT2D eigenvalue weighted by Gasteiger charge is -2.30. The lowest BCUT2D eigenvalue weighted by Crippen LogP contribution is -2.44. The van der Waals surface area contributed by atoms with Gasteiger partial charge in [0.15, 0.2) is 0 Å². The van der Waals surface area contributed by atoms with Gasteiger partial charge in [0.1, 0.15) is 5.60 Å². The molecule has 0 aromatic heterocycles. The van der Waals surface area contributed by atoms with Crippen LogP contribution in [0.1, 0.15) is 38.3 Å². The fraction of sp³-hybridized carbons (Fsp3) is 0.562. The van der Waals surface area contributed by atoms with E-state index in [0.717, 1.165) is 17.5 Å². The van der Waals surface area contributed by atoms with Gasteiger partial charge in [-0.1, -0.05) is 24.3 Å². The molecular formula is C16H22ClNO4S. The lowest BCUT2D eigenvalue weighted by atomic mass is 9.84. The van der Waals surface area contributed by atoms with Crippen molar-refractivity contribution < 1.29 is 17.9 Å². The molecule has 0 radical (unpaired) electrons. The molecule has 5 nitrogen and oxygen atoms in total. The molecule has 1 aliphatic rings. The molecule has 2 rings (SSSR count). The molecule has 7 heteroatoms. The first-order valence-electron chi connectivity index (χ1n) is 7.48. The van der Waals surface area contributed by atoms with Gasteiger partial charge in [-0.15, -0.1) is 0 Å². The smallest absolute Gasteiger partial charge is 0.407 e. The van der Waals surface area contributed by atoms with Gasteiger partial charge < -0.3 is 10.1 Å². The van der Waals surface area contributed by atoms with Gasteiger partial charge in [-0.25, -0.2) is 13.2 Å². The Morgan fingerprint density at radius 2 is 2.00 bits per heavy atom. The molecule has 0 fully saturated rings. The van der Waals surface area contributed by atoms with E-state index in [1.807, 2.05) is 24.3 Å². The van der Waals surface area contributed by atoms with Crippen LogP contribution in [0.25, 0.3) is 0 Å². The van der Waals surface area contributed by atoms with Crippen LogP contribution in [0.15, 0.2) is 24.3 Å². The van der Waals surface area contributed by atoms with E-state index in [1.54, 1.807) is 20.8 Å². The van der Waals surface area contributed by atoms with Crippen LogP contribution in [0.4, 0.5) is 4.79 Å². The molecule has 1 atom stereocenters. The van der Waals surface area contributed by atoms with E-state index in [-0.39, 0.29) is 12.3 Å². The Hall–Kier alpha value is -1.27. The number of amides is 1. The number of benzene rings is 1. The number of carbonyl (C=O) groups excluding carboxylic acids is 1. The van der Waals surface area contributed by atoms with E-state index in [4.69, 9.17) is 15.4 Å². The Morgan fingerprint density at radius 1 is 1.35 bits per heavy atom. The summed E-state index contributed by atoms with van der Waals surface area (Å²) >= 11 is 0. The highest BCUT2D eigenvalue weighted by atomic mass is 35.7. The van der Waals surface area contributed by atoms with E-state index in [1.165, 1.54) is 0 Å². The third-order valence-electron chi connectivity index (χ3n) is 3.88. The summed E-state index contributed by atoms with van der Waals surface area (Å²) < 4.78 is 28.6. The third-order valence-corrected chi connectivity index (χ3v) is 5.11. The van der Waals surface area contributed by atoms with Crippen LogP contribution in [0.3, 0.4) is 0 Å². The predicted octanol–water partition coefficient (Wildman–Crippen LogP) is 2.96. The Bertz CT molecular complexity index is 696. The summed E-state index contributed by atoms with van der Waals surface area (Å²) in [5, 5.41) is 2.70. The van der Waals surface area contributed by atoms with Crippen molar-refractivity contribution in [1.82, 2.24) is 5.32 Å². The van der Waals surface area contributed by atoms with Gasteiger partial charge in [-0.3, -0.25) is 0 Å². The Balaban J connectivity index is 2.22. The van der Waals surface area contributed by atoms with Gasteiger partial charge in [-0.2, -0.15) is 0 Å². The number of aryl methyl sites for hydroxylation is 1. The molecule has 0 saturated carbocycles. The fourth-order valence-corrected chi connectivity index (χ4v) is 4.72. The molecule has 1 aromatic carbocycles. The zero-order valence-electron chi connectivity index (χ0n) is 13.6. The van der Waals surface area contributed by atoms with Crippen LogP contribution in [0.2, 0.25) is 0 Å². The van der Waals surface area contributed by atoms with Crippen molar-refractivity contribution in [3.05, 3.63) is 35.4 Å². The van der Waals surface area contributed by atoms with Crippen LogP contribution in [0, 0.1) is 0 Å². The van der Waals surface area contributed by atoms with Crippen molar-refractivity contribution in [3.63, 3.8) is 0 Å². The van der Waals surface area contributed by atoms with Crippen LogP contribution in [0.5, 0.6) is 0 Å². The third kappa shape index (κ3) is 4.85. The number of hydrogen-bond acceptors (Lipinski definition) is 4. The maximum Gasteiger partial charge on any atom is 0.407 e. The predicted molar refractivity (Wildman–Crippen MR) is 90.3 cm³/mol. The minimum atomic E-state index is -3.71. The number of carbonyl (C=O) groups is 1. The number of hydrogen-bond donors (Lipinski definition) is 1. The summed E-state index contributed by atoms with van der Waals surface area (Å²) in [6.45, 7) is 5.49. The molecule has 0 saturated heterocycles. The first kappa shape index (κ1) is 18.1. The maximum absolute atomic E-state index is 11.9. The number of nitrogens with one attached hydrogen (secondary N) is 1. The normalized spacial score (nSPS) is 20.9. The molecule has 0 aliphatic heterocycles. The molecule has 1 aliphatic carbocycles. The minimum absolute atomic E-state index is 0.172. The monoisotopic (exact) mass is 359 g/mol. The average molecular weight is 360 g/mol. The summed E-state index contributed by atoms with van der Waals surface area (Å²) in [4.78, 5) is 11.9. The topological polar surface area (TPSA) is 72.5 Å². The van der Waals surface area contributed by atoms with Crippen molar-refractivity contribution in [1.29, 1.82) is 0 Å². The zero-order valence-corrected chi connectivity index (χ0v) is 15.1. The Morgan fingerprint density at radius 3 is 2.61 bits per heavy atom. The Kier molecular flexibility index (Phi) is 4.97. The van der Waals surface area contributed by atoms with Crippen molar-refractivity contribution in [2.24, 2.45) is 0 Å². The quantitative estimate of drug-likeness (QED) is 0.839. The SMILES string of the molecule is CC(C)(C)OC(=O)NCC1(CS(=O)(=O)Cl)CCc2ccccc21. The number of rotatable bonds is 4. The average Bonchev–Trinajstić information content (AvgIpc) is 2.73. The van der Waals surface area contributed by atoms with E-state index in [2.05, 4.69) is 5.32 Å². The van der Waals surface area contributed by atoms with Crippen molar-refractivity contribution in [2.75, 3.05) is 12.3 Å². The molecule has 1 N–H and O–H groups in total. The molecule has 0 spiro atoms. The number of halogens is 1. The second-order valence-corrected chi connectivity index (χ2v) is 9.75. The van der Waals surface area contributed by atoms with Crippen LogP contribution < -0.4 is 5.32 Å². The Labute approximate surface area is 141 Å². The second kappa shape index (κ2) is 6.32. The molecule has 23 heavy (non-hydrogen) atoms. The zero-order chi connectivity index (χ0) is 17.3. The van der Waals surface area contributed by atoms with Crippen LogP contribution in [-0.4, -0.2) is 32.4 Å². The van der Waals surface area contributed by atoms with E-state index < -0.39 is 26.2 Å². The van der Waals surface area contributed by atoms with Crippen molar-refractivity contribution >= 4 is 25.8 Å². The second-order valence-electron chi connectivity index (χ2n) is 6.98. The van der Waals surface area contributed by atoms with E-state index in [9.17, 15) is 13.2 Å². The van der Waals surface area contributed by atoms with Gasteiger partial charge in [0, 0.05) is 22.6 Å². The highest BCUT2D eigenvalue weighted by Gasteiger charge is 2.42. The number of ether oxygens (including phenoxy) is 1. The summed E-state index contributed by atoms with van der Waals surface area (Å²) in [6, 6.07) is 7.67. The fourth-order valence-electron chi connectivity index (χ4n) is 3.03. The highest BCUT2D eigenvalue weighted by molar-refractivity contribution is 8.13. The number of fused-ring (bicyclic) bond motifs is 1. The summed E-state index contributed by atoms with van der Waals surface area (Å²) in [6.07, 6.45) is 0.820. The standard InChI is InChI=1S/C16H22ClNO4S/c1-15(2,3)22-14(19)18-10-16(11-23(17,20)21)9-8-12-6-4-5-7-13(12)16/h4-7H,8-11H2,1-3H3,(H,18,19). The molecular weight excluding hydrogens is 338 g/mol. The van der Waals surface area contributed by atoms with Crippen LogP contribution >= 0.6 is 10.7 Å². The van der Waals surface area contributed by atoms with Gasteiger partial charge in [0.05, 0.1) is 5.75 Å². The first-order valence-corrected chi connectivity index (χ1v) is 9.96. The van der Waals surface area contributed by atoms with E-state index in [0.29, 0.717) is 6.42 Å². The maximum atomic E-state index is 11.9. The van der Waals surface area contributed by atoms with Gasteiger partial charge in [-0.05, 0) is 44.7 Å². The molecule has 1 amide bonds. The molecule has 1 aromatic rings. The molecule has 0 bridgehead atoms. The molecule has 0 heterocycles. The minimum Gasteiger partial charge on any atom is -0.444 e. The van der Waals surface area contributed by atoms with Crippen molar-refractivity contribution in [2.45, 2.75) is 44.6 Å². The summed E-state index contributed by atoms with van der Waals surface area (Å²) in [5.41, 5.74) is 0.705. The largest absolute Gasteiger partial charge is 0.444 e. The highest BCUT2D eigenvalue weighted by Crippen LogP contribution is 2.40.